The van der Waals surface area contributed by atoms with E-state index in [1.54, 1.807) is 11.8 Å². The number of likely N-dealkylation sites (tertiary alicyclic amines) is 1. The molecule has 1 fully saturated rings. The van der Waals surface area contributed by atoms with E-state index in [9.17, 15) is 9.59 Å². The molecular weight excluding hydrogens is 240 g/mol. The largest absolute Gasteiger partial charge is 0.480 e. The van der Waals surface area contributed by atoms with Crippen molar-refractivity contribution < 1.29 is 14.7 Å². The van der Waals surface area contributed by atoms with Gasteiger partial charge in [0.05, 0.1) is 6.04 Å². The van der Waals surface area contributed by atoms with Crippen LogP contribution in [0.1, 0.15) is 25.7 Å². The molecule has 1 saturated heterocycles. The predicted octanol–water partition coefficient (Wildman–Crippen LogP) is 0.532. The minimum atomic E-state index is -0.921. The Kier molecular flexibility index (Phi) is 5.77. The standard InChI is InChI=1S/C11H20N2O3S/c1-17-7-5-8(12)10(14)13-6-3-2-4-9(13)11(15)16/h8-9H,2-7,12H2,1H3,(H,15,16)/t8-,9+/m0/s1. The number of piperidine rings is 1. The van der Waals surface area contributed by atoms with E-state index in [4.69, 9.17) is 10.8 Å². The molecule has 0 aromatic heterocycles. The number of thioether (sulfide) groups is 1. The quantitative estimate of drug-likeness (QED) is 0.753. The molecule has 1 heterocycles. The number of carbonyl (C=O) groups excluding carboxylic acids is 1. The lowest BCUT2D eigenvalue weighted by molar-refractivity contribution is -0.152. The van der Waals surface area contributed by atoms with Crippen LogP contribution in [-0.2, 0) is 9.59 Å². The second-order valence-corrected chi connectivity index (χ2v) is 5.26. The number of carbonyl (C=O) groups is 2. The van der Waals surface area contributed by atoms with E-state index in [1.807, 2.05) is 6.26 Å². The number of nitrogens with two attached hydrogens (primary N) is 1. The fraction of sp³-hybridized carbons (Fsp3) is 0.818. The van der Waals surface area contributed by atoms with Gasteiger partial charge < -0.3 is 15.7 Å². The molecule has 98 valence electrons. The van der Waals surface area contributed by atoms with E-state index in [0.29, 0.717) is 19.4 Å². The molecule has 0 saturated carbocycles. The number of hydrogen-bond donors (Lipinski definition) is 2. The molecule has 0 aromatic rings. The molecule has 17 heavy (non-hydrogen) atoms. The van der Waals surface area contributed by atoms with E-state index >= 15 is 0 Å². The highest BCUT2D eigenvalue weighted by atomic mass is 32.2. The average Bonchev–Trinajstić information content (AvgIpc) is 2.34. The highest BCUT2D eigenvalue weighted by molar-refractivity contribution is 7.98. The molecule has 1 aliphatic rings. The maximum Gasteiger partial charge on any atom is 0.326 e. The molecule has 0 bridgehead atoms. The van der Waals surface area contributed by atoms with Crippen LogP contribution in [-0.4, -0.2) is 52.5 Å². The Labute approximate surface area is 106 Å². The Hall–Kier alpha value is -0.750. The smallest absolute Gasteiger partial charge is 0.326 e. The van der Waals surface area contributed by atoms with Gasteiger partial charge in [-0.25, -0.2) is 4.79 Å². The van der Waals surface area contributed by atoms with Gasteiger partial charge in [-0.1, -0.05) is 0 Å². The van der Waals surface area contributed by atoms with Crippen molar-refractivity contribution >= 4 is 23.6 Å². The molecule has 1 aliphatic heterocycles. The zero-order chi connectivity index (χ0) is 12.8. The van der Waals surface area contributed by atoms with Crippen molar-refractivity contribution in [2.24, 2.45) is 5.73 Å². The first-order chi connectivity index (χ1) is 8.07. The zero-order valence-electron chi connectivity index (χ0n) is 10.1. The van der Waals surface area contributed by atoms with Crippen LogP contribution in [0.5, 0.6) is 0 Å². The maximum atomic E-state index is 12.0. The third-order valence-electron chi connectivity index (χ3n) is 3.02. The molecule has 6 heteroatoms. The Morgan fingerprint density at radius 3 is 2.82 bits per heavy atom. The molecule has 0 aromatic carbocycles. The summed E-state index contributed by atoms with van der Waals surface area (Å²) in [6.07, 6.45) is 4.82. The van der Waals surface area contributed by atoms with Crippen molar-refractivity contribution in [2.45, 2.75) is 37.8 Å². The molecule has 0 aliphatic carbocycles. The van der Waals surface area contributed by atoms with Gasteiger partial charge in [0.1, 0.15) is 6.04 Å². The first-order valence-corrected chi connectivity index (χ1v) is 7.25. The number of amides is 1. The topological polar surface area (TPSA) is 83.6 Å². The van der Waals surface area contributed by atoms with Crippen LogP contribution < -0.4 is 5.73 Å². The first-order valence-electron chi connectivity index (χ1n) is 5.85. The first kappa shape index (κ1) is 14.3. The van der Waals surface area contributed by atoms with Gasteiger partial charge in [0.15, 0.2) is 0 Å². The maximum absolute atomic E-state index is 12.0. The average molecular weight is 260 g/mol. The Morgan fingerprint density at radius 1 is 1.53 bits per heavy atom. The zero-order valence-corrected chi connectivity index (χ0v) is 10.9. The minimum Gasteiger partial charge on any atom is -0.480 e. The van der Waals surface area contributed by atoms with Crippen molar-refractivity contribution in [1.82, 2.24) is 4.90 Å². The van der Waals surface area contributed by atoms with Gasteiger partial charge in [0.25, 0.3) is 0 Å². The van der Waals surface area contributed by atoms with Gasteiger partial charge in [-0.2, -0.15) is 11.8 Å². The van der Waals surface area contributed by atoms with E-state index in [0.717, 1.165) is 18.6 Å². The summed E-state index contributed by atoms with van der Waals surface area (Å²) >= 11 is 1.63. The summed E-state index contributed by atoms with van der Waals surface area (Å²) in [5.41, 5.74) is 5.80. The lowest BCUT2D eigenvalue weighted by atomic mass is 10.0. The van der Waals surface area contributed by atoms with Gasteiger partial charge in [-0.15, -0.1) is 0 Å². The molecule has 1 amide bonds. The summed E-state index contributed by atoms with van der Waals surface area (Å²) in [6, 6.07) is -1.25. The molecular formula is C11H20N2O3S. The summed E-state index contributed by atoms with van der Waals surface area (Å²) in [6.45, 7) is 0.517. The second-order valence-electron chi connectivity index (χ2n) is 4.27. The van der Waals surface area contributed by atoms with Crippen molar-refractivity contribution in [2.75, 3.05) is 18.6 Å². The van der Waals surface area contributed by atoms with Crippen LogP contribution in [0.15, 0.2) is 0 Å². The Morgan fingerprint density at radius 2 is 2.24 bits per heavy atom. The number of aliphatic carboxylic acids is 1. The summed E-state index contributed by atoms with van der Waals surface area (Å²) < 4.78 is 0. The molecule has 1 rings (SSSR count). The lowest BCUT2D eigenvalue weighted by Gasteiger charge is -2.34. The molecule has 0 spiro atoms. The number of carboxylic acids is 1. The SMILES string of the molecule is CSCC[C@H](N)C(=O)N1CCCC[C@@H]1C(=O)O. The van der Waals surface area contributed by atoms with Crippen molar-refractivity contribution in [3.8, 4) is 0 Å². The third-order valence-corrected chi connectivity index (χ3v) is 3.67. The summed E-state index contributed by atoms with van der Waals surface area (Å²) in [5, 5.41) is 9.08. The lowest BCUT2D eigenvalue weighted by Crippen LogP contribution is -2.53. The van der Waals surface area contributed by atoms with Crippen LogP contribution in [0.4, 0.5) is 0 Å². The van der Waals surface area contributed by atoms with Gasteiger partial charge in [-0.05, 0) is 37.7 Å². The predicted molar refractivity (Wildman–Crippen MR) is 68.0 cm³/mol. The normalized spacial score (nSPS) is 22.2. The molecule has 3 N–H and O–H groups in total. The fourth-order valence-corrected chi connectivity index (χ4v) is 2.52. The van der Waals surface area contributed by atoms with Crippen LogP contribution >= 0.6 is 11.8 Å². The van der Waals surface area contributed by atoms with Crippen LogP contribution in [0.3, 0.4) is 0 Å². The number of carboxylic acid groups (broad SMARTS) is 1. The molecule has 2 atom stereocenters. The second kappa shape index (κ2) is 6.86. The van der Waals surface area contributed by atoms with E-state index in [-0.39, 0.29) is 5.91 Å². The van der Waals surface area contributed by atoms with Crippen LogP contribution in [0, 0.1) is 0 Å². The Bertz CT molecular complexity index is 286. The van der Waals surface area contributed by atoms with E-state index < -0.39 is 18.1 Å². The van der Waals surface area contributed by atoms with Crippen LogP contribution in [0.2, 0.25) is 0 Å². The monoisotopic (exact) mass is 260 g/mol. The number of rotatable bonds is 5. The van der Waals surface area contributed by atoms with Gasteiger partial charge in [0.2, 0.25) is 5.91 Å². The van der Waals surface area contributed by atoms with Gasteiger partial charge in [0, 0.05) is 6.54 Å². The summed E-state index contributed by atoms with van der Waals surface area (Å²) in [4.78, 5) is 24.6. The fourth-order valence-electron chi connectivity index (χ4n) is 2.03. The summed E-state index contributed by atoms with van der Waals surface area (Å²) in [5.74, 6) is -0.320. The summed E-state index contributed by atoms with van der Waals surface area (Å²) in [7, 11) is 0. The highest BCUT2D eigenvalue weighted by Gasteiger charge is 2.33. The number of hydrogen-bond acceptors (Lipinski definition) is 4. The number of nitrogens with zero attached hydrogens (tertiary/aromatic N) is 1. The molecule has 5 nitrogen and oxygen atoms in total. The van der Waals surface area contributed by atoms with Gasteiger partial charge >= 0.3 is 5.97 Å². The van der Waals surface area contributed by atoms with Crippen molar-refractivity contribution in [3.05, 3.63) is 0 Å². The van der Waals surface area contributed by atoms with Gasteiger partial charge in [-0.3, -0.25) is 4.79 Å². The third kappa shape index (κ3) is 3.89. The van der Waals surface area contributed by atoms with E-state index in [2.05, 4.69) is 0 Å². The minimum absolute atomic E-state index is 0.217. The Balaban J connectivity index is 2.61. The highest BCUT2D eigenvalue weighted by Crippen LogP contribution is 2.18. The van der Waals surface area contributed by atoms with Crippen LogP contribution in [0.25, 0.3) is 0 Å². The van der Waals surface area contributed by atoms with E-state index in [1.165, 1.54) is 4.90 Å². The molecule has 0 unspecified atom stereocenters. The van der Waals surface area contributed by atoms with Crippen molar-refractivity contribution in [3.63, 3.8) is 0 Å². The van der Waals surface area contributed by atoms with Crippen molar-refractivity contribution in [1.29, 1.82) is 0 Å². The molecule has 0 radical (unpaired) electrons.